The Morgan fingerprint density at radius 2 is 1.81 bits per heavy atom. The van der Waals surface area contributed by atoms with E-state index in [1.807, 2.05) is 42.7 Å². The molecule has 2 rings (SSSR count). The summed E-state index contributed by atoms with van der Waals surface area (Å²) in [5, 5.41) is 11.9. The van der Waals surface area contributed by atoms with Crippen molar-refractivity contribution in [1.82, 2.24) is 5.32 Å². The Labute approximate surface area is 194 Å². The summed E-state index contributed by atoms with van der Waals surface area (Å²) < 4.78 is 0. The van der Waals surface area contributed by atoms with Crippen molar-refractivity contribution in [3.8, 4) is 0 Å². The molecule has 0 heterocycles. The molecule has 31 heavy (non-hydrogen) atoms. The van der Waals surface area contributed by atoms with Crippen molar-refractivity contribution in [1.29, 1.82) is 0 Å². The number of hydrogen-bond donors (Lipinski definition) is 2. The average Bonchev–Trinajstić information content (AvgIpc) is 2.77. The maximum Gasteiger partial charge on any atom is 0.222 e. The summed E-state index contributed by atoms with van der Waals surface area (Å²) in [6.07, 6.45) is 4.24. The minimum Gasteiger partial charge on any atom is -0.396 e. The van der Waals surface area contributed by atoms with Gasteiger partial charge in [-0.15, -0.1) is 11.8 Å². The zero-order valence-electron chi connectivity index (χ0n) is 18.5. The highest BCUT2D eigenvalue weighted by atomic mass is 32.2. The molecule has 168 valence electrons. The molecule has 2 aromatic rings. The summed E-state index contributed by atoms with van der Waals surface area (Å²) in [4.78, 5) is 25.6. The van der Waals surface area contributed by atoms with E-state index in [-0.39, 0.29) is 34.7 Å². The normalized spacial score (nSPS) is 13.1. The van der Waals surface area contributed by atoms with Gasteiger partial charge in [-0.2, -0.15) is 0 Å². The molecular formula is C25H33NO3S2. The van der Waals surface area contributed by atoms with Crippen LogP contribution in [0.4, 0.5) is 0 Å². The van der Waals surface area contributed by atoms with E-state index in [9.17, 15) is 9.59 Å². The third-order valence-electron chi connectivity index (χ3n) is 5.01. The maximum atomic E-state index is 12.8. The fraction of sp³-hybridized carbons (Fsp3) is 0.440. The van der Waals surface area contributed by atoms with Gasteiger partial charge in [-0.05, 0) is 42.6 Å². The molecule has 4 nitrogen and oxygen atoms in total. The number of amides is 1. The molecule has 2 atom stereocenters. The molecule has 2 N–H and O–H groups in total. The number of nitrogens with one attached hydrogen (secondary N) is 1. The number of aliphatic hydroxyl groups is 1. The van der Waals surface area contributed by atoms with Crippen LogP contribution in [0.15, 0.2) is 54.6 Å². The summed E-state index contributed by atoms with van der Waals surface area (Å²) in [5.74, 6) is 0.366. The van der Waals surface area contributed by atoms with Crippen molar-refractivity contribution in [2.75, 3.05) is 12.9 Å². The Kier molecular flexibility index (Phi) is 11.2. The van der Waals surface area contributed by atoms with Crippen LogP contribution >= 0.6 is 23.5 Å². The first-order valence-electron chi connectivity index (χ1n) is 10.7. The molecule has 0 aromatic heterocycles. The molecule has 6 heteroatoms. The van der Waals surface area contributed by atoms with Crippen molar-refractivity contribution in [3.63, 3.8) is 0 Å². The van der Waals surface area contributed by atoms with E-state index < -0.39 is 0 Å². The van der Waals surface area contributed by atoms with E-state index in [4.69, 9.17) is 5.11 Å². The van der Waals surface area contributed by atoms with Gasteiger partial charge in [0.05, 0.1) is 5.37 Å². The molecule has 0 aliphatic carbocycles. The van der Waals surface area contributed by atoms with Gasteiger partial charge in [0.15, 0.2) is 0 Å². The molecule has 2 aromatic carbocycles. The van der Waals surface area contributed by atoms with Crippen LogP contribution in [0, 0.1) is 0 Å². The summed E-state index contributed by atoms with van der Waals surface area (Å²) in [6.45, 7) is 4.43. The van der Waals surface area contributed by atoms with Gasteiger partial charge in [0.25, 0.3) is 0 Å². The van der Waals surface area contributed by atoms with Gasteiger partial charge < -0.3 is 10.4 Å². The first-order valence-corrected chi connectivity index (χ1v) is 12.9. The second-order valence-corrected chi connectivity index (χ2v) is 10.2. The predicted octanol–water partition coefficient (Wildman–Crippen LogP) is 5.26. The van der Waals surface area contributed by atoms with Crippen LogP contribution in [0.2, 0.25) is 0 Å². The summed E-state index contributed by atoms with van der Waals surface area (Å²) in [6, 6.07) is 17.6. The molecular weight excluding hydrogens is 426 g/mol. The van der Waals surface area contributed by atoms with Crippen LogP contribution in [0.5, 0.6) is 0 Å². The predicted molar refractivity (Wildman–Crippen MR) is 133 cm³/mol. The Balaban J connectivity index is 2.12. The van der Waals surface area contributed by atoms with Gasteiger partial charge in [0, 0.05) is 23.8 Å². The van der Waals surface area contributed by atoms with Crippen LogP contribution in [-0.4, -0.2) is 39.6 Å². The largest absolute Gasteiger partial charge is 0.396 e. The van der Waals surface area contributed by atoms with Crippen molar-refractivity contribution < 1.29 is 14.7 Å². The molecule has 0 aliphatic rings. The van der Waals surface area contributed by atoms with E-state index >= 15 is 0 Å². The second-order valence-electron chi connectivity index (χ2n) is 7.86. The maximum absolute atomic E-state index is 12.8. The number of benzene rings is 2. The lowest BCUT2D eigenvalue weighted by Crippen LogP contribution is -2.34. The Morgan fingerprint density at radius 3 is 2.45 bits per heavy atom. The lowest BCUT2D eigenvalue weighted by molar-refractivity contribution is -0.121. The molecule has 0 radical (unpaired) electrons. The first-order chi connectivity index (χ1) is 14.9. The second kappa shape index (κ2) is 13.6. The van der Waals surface area contributed by atoms with Crippen molar-refractivity contribution >= 4 is 34.5 Å². The van der Waals surface area contributed by atoms with Gasteiger partial charge >= 0.3 is 0 Å². The zero-order chi connectivity index (χ0) is 22.6. The minimum absolute atomic E-state index is 0.0138. The first kappa shape index (κ1) is 25.5. The molecule has 0 fully saturated rings. The van der Waals surface area contributed by atoms with Crippen molar-refractivity contribution in [2.24, 2.45) is 0 Å². The quantitative estimate of drug-likeness (QED) is 0.424. The smallest absolute Gasteiger partial charge is 0.222 e. The molecule has 2 unspecified atom stereocenters. The number of thioether (sulfide) groups is 2. The summed E-state index contributed by atoms with van der Waals surface area (Å²) in [5.41, 5.74) is 3.05. The SMILES string of the molecule is CSC(CCCO)NC(=O)CC(Cc1cccc(C(C)C)c1)SC(=O)c1ccccc1. The highest BCUT2D eigenvalue weighted by molar-refractivity contribution is 8.14. The van der Waals surface area contributed by atoms with E-state index in [1.54, 1.807) is 11.8 Å². The van der Waals surface area contributed by atoms with Crippen LogP contribution in [0.1, 0.15) is 60.5 Å². The number of carbonyl (C=O) groups is 2. The lowest BCUT2D eigenvalue weighted by Gasteiger charge is -2.20. The van der Waals surface area contributed by atoms with Crippen LogP contribution < -0.4 is 5.32 Å². The van der Waals surface area contributed by atoms with Gasteiger partial charge in [0.2, 0.25) is 11.0 Å². The summed E-state index contributed by atoms with van der Waals surface area (Å²) in [7, 11) is 0. The lowest BCUT2D eigenvalue weighted by atomic mass is 9.98. The Morgan fingerprint density at radius 1 is 1.06 bits per heavy atom. The van der Waals surface area contributed by atoms with E-state index in [0.29, 0.717) is 24.3 Å². The number of hydrogen-bond acceptors (Lipinski definition) is 5. The third kappa shape index (κ3) is 9.09. The van der Waals surface area contributed by atoms with Gasteiger partial charge in [-0.1, -0.05) is 80.2 Å². The number of carbonyl (C=O) groups excluding carboxylic acids is 2. The fourth-order valence-electron chi connectivity index (χ4n) is 3.26. The standard InChI is InChI=1S/C25H33NO3S2/c1-18(2)21-12-7-9-19(15-21)16-22(31-25(29)20-10-5-4-6-11-20)17-23(28)26-24(30-3)13-8-14-27/h4-7,9-12,15,18,22,24,27H,8,13-14,16-17H2,1-3H3,(H,26,28). The molecule has 0 saturated heterocycles. The minimum atomic E-state index is -0.157. The monoisotopic (exact) mass is 459 g/mol. The Hall–Kier alpha value is -1.76. The number of aliphatic hydroxyl groups excluding tert-OH is 1. The average molecular weight is 460 g/mol. The molecule has 0 aliphatic heterocycles. The molecule has 0 spiro atoms. The van der Waals surface area contributed by atoms with E-state index in [2.05, 4.69) is 37.4 Å². The number of rotatable bonds is 12. The van der Waals surface area contributed by atoms with Crippen molar-refractivity contribution in [2.45, 2.75) is 56.1 Å². The fourth-order valence-corrected chi connectivity index (χ4v) is 5.00. The molecule has 1 amide bonds. The van der Waals surface area contributed by atoms with Gasteiger partial charge in [-0.3, -0.25) is 9.59 Å². The highest BCUT2D eigenvalue weighted by Gasteiger charge is 2.22. The molecule has 0 saturated carbocycles. The van der Waals surface area contributed by atoms with Gasteiger partial charge in [0.1, 0.15) is 0 Å². The Bertz CT molecular complexity index is 827. The topological polar surface area (TPSA) is 66.4 Å². The van der Waals surface area contributed by atoms with Crippen LogP contribution in [0.3, 0.4) is 0 Å². The van der Waals surface area contributed by atoms with Crippen LogP contribution in [0.25, 0.3) is 0 Å². The van der Waals surface area contributed by atoms with Gasteiger partial charge in [-0.25, -0.2) is 0 Å². The summed E-state index contributed by atoms with van der Waals surface area (Å²) >= 11 is 2.81. The third-order valence-corrected chi connectivity index (χ3v) is 7.05. The van der Waals surface area contributed by atoms with E-state index in [1.165, 1.54) is 17.3 Å². The highest BCUT2D eigenvalue weighted by Crippen LogP contribution is 2.26. The van der Waals surface area contributed by atoms with Crippen molar-refractivity contribution in [3.05, 3.63) is 71.3 Å². The van der Waals surface area contributed by atoms with E-state index in [0.717, 1.165) is 12.0 Å². The molecule has 0 bridgehead atoms. The van der Waals surface area contributed by atoms with Crippen LogP contribution in [-0.2, 0) is 11.2 Å². The zero-order valence-corrected chi connectivity index (χ0v) is 20.2.